The van der Waals surface area contributed by atoms with E-state index in [9.17, 15) is 0 Å². The molecule has 0 radical (unpaired) electrons. The zero-order valence-electron chi connectivity index (χ0n) is 40.5. The number of hydrogen-bond donors (Lipinski definition) is 0. The number of hydrogen-bond acceptors (Lipinski definition) is 8. The Hall–Kier alpha value is -7.36. The average Bonchev–Trinajstić information content (AvgIpc) is 4.07. The number of aromatic nitrogens is 8. The van der Waals surface area contributed by atoms with Crippen molar-refractivity contribution < 1.29 is 0 Å². The summed E-state index contributed by atoms with van der Waals surface area (Å²) in [6.07, 6.45) is 4.18. The van der Waals surface area contributed by atoms with E-state index in [1.807, 2.05) is 0 Å². The lowest BCUT2D eigenvalue weighted by molar-refractivity contribution is 0.691. The highest BCUT2D eigenvalue weighted by atomic mass is 15.6. The fourth-order valence-corrected chi connectivity index (χ4v) is 9.33. The molecule has 0 saturated carbocycles. The lowest BCUT2D eigenvalue weighted by atomic mass is 10.3. The van der Waals surface area contributed by atoms with Gasteiger partial charge in [0.05, 0.1) is 79.7 Å². The summed E-state index contributed by atoms with van der Waals surface area (Å²) in [6, 6.07) is 35.3. The topological polar surface area (TPSA) is 65.4 Å². The molecule has 8 aromatic heterocycles. The van der Waals surface area contributed by atoms with Crippen LogP contribution >= 0.6 is 0 Å². The molecule has 0 bridgehead atoms. The Morgan fingerprint density at radius 3 is 0.500 bits per heavy atom. The van der Waals surface area contributed by atoms with Gasteiger partial charge < -0.3 is 40.1 Å². The van der Waals surface area contributed by atoms with Gasteiger partial charge in [-0.2, -0.15) is 0 Å². The van der Waals surface area contributed by atoms with E-state index < -0.39 is 0 Å². The fourth-order valence-electron chi connectivity index (χ4n) is 9.33. The molecule has 0 aliphatic heterocycles. The summed E-state index contributed by atoms with van der Waals surface area (Å²) < 4.78 is 18.1. The Bertz CT molecular complexity index is 2690. The molecule has 8 aromatic rings. The van der Waals surface area contributed by atoms with Gasteiger partial charge in [0.25, 0.3) is 0 Å². The quantitative estimate of drug-likeness (QED) is 0.137. The van der Waals surface area contributed by atoms with Crippen LogP contribution < -0.4 is 40.1 Å². The van der Waals surface area contributed by atoms with Crippen molar-refractivity contribution in [3.05, 3.63) is 109 Å². The molecule has 0 fully saturated rings. The average molecular weight is 867 g/mol. The predicted molar refractivity (Wildman–Crippen MR) is 269 cm³/mol. The molecule has 0 saturated heterocycles. The van der Waals surface area contributed by atoms with Crippen molar-refractivity contribution >= 4 is 0 Å². The summed E-state index contributed by atoms with van der Waals surface area (Å²) >= 11 is 0. The van der Waals surface area contributed by atoms with Crippen LogP contribution in [0.1, 0.15) is 0 Å². The minimum absolute atomic E-state index is 1.06. The molecule has 0 N–H and O–H groups in total. The van der Waals surface area contributed by atoms with Crippen molar-refractivity contribution in [2.45, 2.75) is 0 Å². The van der Waals surface area contributed by atoms with Gasteiger partial charge in [-0.15, -0.1) is 0 Å². The maximum absolute atomic E-state index is 2.31. The maximum atomic E-state index is 2.31. The first-order chi connectivity index (χ1) is 30.4. The highest BCUT2D eigenvalue weighted by molar-refractivity contribution is 5.77. The minimum atomic E-state index is 1.06. The van der Waals surface area contributed by atoms with E-state index in [2.05, 4.69) is 300 Å². The Morgan fingerprint density at radius 1 is 0.203 bits per heavy atom. The highest BCUT2D eigenvalue weighted by Crippen LogP contribution is 2.39. The Balaban J connectivity index is 1.24. The van der Waals surface area contributed by atoms with E-state index in [4.69, 9.17) is 0 Å². The molecular formula is C48H66N16. The molecular weight excluding hydrogens is 801 g/mol. The van der Waals surface area contributed by atoms with Crippen LogP contribution in [0.3, 0.4) is 0 Å². The van der Waals surface area contributed by atoms with Gasteiger partial charge in [0.2, 0.25) is 0 Å². The summed E-state index contributed by atoms with van der Waals surface area (Å²) in [5.74, 6) is 0. The fraction of sp³-hybridized carbons (Fsp3) is 0.333. The van der Waals surface area contributed by atoms with E-state index in [0.717, 1.165) is 79.7 Å². The Morgan fingerprint density at radius 2 is 0.359 bits per heavy atom. The van der Waals surface area contributed by atoms with Crippen molar-refractivity contribution in [3.63, 3.8) is 0 Å². The lowest BCUT2D eigenvalue weighted by Gasteiger charge is -2.29. The molecule has 64 heavy (non-hydrogen) atoms. The molecule has 8 heterocycles. The van der Waals surface area contributed by atoms with Crippen LogP contribution in [-0.2, 0) is 0 Å². The summed E-state index contributed by atoms with van der Waals surface area (Å²) in [7, 11) is 33.5. The first kappa shape index (κ1) is 43.3. The van der Waals surface area contributed by atoms with Crippen molar-refractivity contribution in [3.8, 4) is 79.7 Å². The molecule has 338 valence electrons. The summed E-state index contributed by atoms with van der Waals surface area (Å²) in [5.41, 5.74) is 15.2. The molecule has 16 nitrogen and oxygen atoms in total. The van der Waals surface area contributed by atoms with Gasteiger partial charge in [-0.25, -0.2) is 0 Å². The summed E-state index contributed by atoms with van der Waals surface area (Å²) in [6.45, 7) is 0. The van der Waals surface area contributed by atoms with Crippen LogP contribution in [-0.4, -0.2) is 150 Å². The van der Waals surface area contributed by atoms with E-state index in [0.29, 0.717) is 0 Å². The predicted octanol–water partition coefficient (Wildman–Crippen LogP) is 5.35. The van der Waals surface area contributed by atoms with Crippen LogP contribution in [0.4, 0.5) is 0 Å². The third-order valence-corrected chi connectivity index (χ3v) is 11.7. The first-order valence-corrected chi connectivity index (χ1v) is 21.5. The largest absolute Gasteiger partial charge is 0.319 e. The van der Waals surface area contributed by atoms with Crippen molar-refractivity contribution in [1.82, 2.24) is 37.4 Å². The molecule has 0 atom stereocenters. The third kappa shape index (κ3) is 6.93. The second-order valence-corrected chi connectivity index (χ2v) is 17.7. The van der Waals surface area contributed by atoms with Crippen molar-refractivity contribution in [2.24, 2.45) is 0 Å². The van der Waals surface area contributed by atoms with Gasteiger partial charge in [0.1, 0.15) is 0 Å². The van der Waals surface area contributed by atoms with E-state index >= 15 is 0 Å². The molecule has 0 spiro atoms. The molecule has 0 aliphatic rings. The molecule has 16 heteroatoms. The number of rotatable bonds is 15. The Labute approximate surface area is 378 Å². The maximum Gasteiger partial charge on any atom is 0.0886 e. The molecule has 8 rings (SSSR count). The van der Waals surface area contributed by atoms with E-state index in [1.165, 1.54) is 0 Å². The van der Waals surface area contributed by atoms with Gasteiger partial charge in [-0.1, -0.05) is 0 Å². The van der Waals surface area contributed by atoms with Crippen LogP contribution in [0.15, 0.2) is 109 Å². The van der Waals surface area contributed by atoms with Crippen molar-refractivity contribution in [2.75, 3.05) is 153 Å². The van der Waals surface area contributed by atoms with Crippen LogP contribution in [0.2, 0.25) is 0 Å². The molecule has 0 amide bonds. The first-order valence-electron chi connectivity index (χ1n) is 21.5. The zero-order chi connectivity index (χ0) is 46.0. The lowest BCUT2D eigenvalue weighted by Crippen LogP contribution is -2.33. The minimum Gasteiger partial charge on any atom is -0.319 e. The van der Waals surface area contributed by atoms with Gasteiger partial charge in [-0.3, -0.25) is 37.4 Å². The van der Waals surface area contributed by atoms with Gasteiger partial charge in [0, 0.05) is 125 Å². The SMILES string of the molecule is CN(C)n1cccc1-c1ccc(-c2ccc(-c3ccc(-c4ccc(-c5ccc(-c6ccc(-c7cccn7N(C)C)n6N(C)C)n5N(C)C)n4N(C)C)n3N(C)C)n2N(C)C)n1N(C)C. The third-order valence-electron chi connectivity index (χ3n) is 11.7. The van der Waals surface area contributed by atoms with E-state index in [1.54, 1.807) is 0 Å². The standard InChI is InChI=1S/C48H66N16/c1-49(2)57-33-17-19-35(57)37-21-23-39(59(37)51(5)6)41-25-27-43(61(41)53(9)10)45-29-31-47(63(45)55(13)14)48-32-30-46(64(48)56(15)16)44-28-26-42(62(44)54(11)12)40-24-22-38(60(40)52(7)8)36-20-18-34-58(36)50(3)4/h17-34H,1-16H3. The van der Waals surface area contributed by atoms with Crippen LogP contribution in [0.25, 0.3) is 79.7 Å². The molecule has 0 unspecified atom stereocenters. The molecule has 0 aromatic carbocycles. The highest BCUT2D eigenvalue weighted by Gasteiger charge is 2.28. The summed E-state index contributed by atoms with van der Waals surface area (Å²) in [5, 5.41) is 17.1. The monoisotopic (exact) mass is 867 g/mol. The van der Waals surface area contributed by atoms with Gasteiger partial charge in [0.15, 0.2) is 0 Å². The van der Waals surface area contributed by atoms with Gasteiger partial charge in [-0.05, 0) is 97.1 Å². The zero-order valence-corrected chi connectivity index (χ0v) is 40.5. The smallest absolute Gasteiger partial charge is 0.0886 e. The normalized spacial score (nSPS) is 11.4. The Kier molecular flexibility index (Phi) is 11.1. The van der Waals surface area contributed by atoms with E-state index in [-0.39, 0.29) is 0 Å². The summed E-state index contributed by atoms with van der Waals surface area (Å²) in [4.78, 5) is 0. The molecule has 0 aliphatic carbocycles. The second kappa shape index (κ2) is 16.4. The second-order valence-electron chi connectivity index (χ2n) is 17.7. The number of nitrogens with zero attached hydrogens (tertiary/aromatic N) is 16. The van der Waals surface area contributed by atoms with Gasteiger partial charge >= 0.3 is 0 Å². The van der Waals surface area contributed by atoms with Crippen molar-refractivity contribution in [1.29, 1.82) is 0 Å². The van der Waals surface area contributed by atoms with Crippen LogP contribution in [0, 0.1) is 0 Å². The van der Waals surface area contributed by atoms with Crippen LogP contribution in [0.5, 0.6) is 0 Å².